The maximum Gasteiger partial charge on any atom is 0.129 e. The summed E-state index contributed by atoms with van der Waals surface area (Å²) in [4.78, 5) is 4.29. The Bertz CT molecular complexity index is 340. The first kappa shape index (κ1) is 11.9. The molecule has 0 bridgehead atoms. The van der Waals surface area contributed by atoms with Crippen LogP contribution in [0.2, 0.25) is 5.15 Å². The summed E-state index contributed by atoms with van der Waals surface area (Å²) < 4.78 is 0. The van der Waals surface area contributed by atoms with Crippen molar-refractivity contribution in [2.75, 3.05) is 0 Å². The highest BCUT2D eigenvalue weighted by Gasteiger charge is 2.20. The van der Waals surface area contributed by atoms with Gasteiger partial charge < -0.3 is 5.32 Å². The van der Waals surface area contributed by atoms with Crippen molar-refractivity contribution in [2.24, 2.45) is 5.92 Å². The molecule has 16 heavy (non-hydrogen) atoms. The summed E-state index contributed by atoms with van der Waals surface area (Å²) in [5.41, 5.74) is 1.03. The predicted molar refractivity (Wildman–Crippen MR) is 67.5 cm³/mol. The summed E-state index contributed by atoms with van der Waals surface area (Å²) in [6.07, 6.45) is 5.38. The van der Waals surface area contributed by atoms with E-state index in [0.29, 0.717) is 11.2 Å². The fourth-order valence-corrected chi connectivity index (χ4v) is 2.59. The average Bonchev–Trinajstić information content (AvgIpc) is 2.28. The molecular weight excluding hydrogens is 220 g/mol. The molecular formula is C13H19ClN2. The average molecular weight is 239 g/mol. The molecule has 0 aliphatic heterocycles. The number of nitrogens with zero attached hydrogens (tertiary/aromatic N) is 1. The van der Waals surface area contributed by atoms with Gasteiger partial charge in [-0.05, 0) is 30.9 Å². The van der Waals surface area contributed by atoms with Gasteiger partial charge in [-0.15, -0.1) is 0 Å². The van der Waals surface area contributed by atoms with E-state index in [1.54, 1.807) is 0 Å². The molecule has 0 unspecified atom stereocenters. The Morgan fingerprint density at radius 1 is 1.38 bits per heavy atom. The van der Waals surface area contributed by atoms with Crippen molar-refractivity contribution in [1.82, 2.24) is 10.3 Å². The van der Waals surface area contributed by atoms with Gasteiger partial charge in [-0.1, -0.05) is 37.4 Å². The van der Waals surface area contributed by atoms with E-state index in [9.17, 15) is 0 Å². The Kier molecular flexibility index (Phi) is 4.19. The summed E-state index contributed by atoms with van der Waals surface area (Å²) in [5, 5.41) is 4.17. The summed E-state index contributed by atoms with van der Waals surface area (Å²) in [5.74, 6) is 0.785. The van der Waals surface area contributed by atoms with Crippen LogP contribution in [-0.4, -0.2) is 11.0 Å². The van der Waals surface area contributed by atoms with E-state index in [-0.39, 0.29) is 0 Å². The lowest BCUT2D eigenvalue weighted by Gasteiger charge is -2.29. The zero-order chi connectivity index (χ0) is 11.4. The Hall–Kier alpha value is -0.600. The third-order valence-electron chi connectivity index (χ3n) is 3.43. The van der Waals surface area contributed by atoms with Gasteiger partial charge in [-0.2, -0.15) is 0 Å². The highest BCUT2D eigenvalue weighted by Crippen LogP contribution is 2.23. The summed E-state index contributed by atoms with van der Waals surface area (Å²) >= 11 is 5.86. The SMILES string of the molecule is C[C@@H]1CCCC[C@H]1NCc1cccc(Cl)n1. The van der Waals surface area contributed by atoms with Gasteiger partial charge in [0.25, 0.3) is 0 Å². The number of aromatic nitrogens is 1. The van der Waals surface area contributed by atoms with Crippen LogP contribution in [0.5, 0.6) is 0 Å². The van der Waals surface area contributed by atoms with Crippen molar-refractivity contribution < 1.29 is 0 Å². The Balaban J connectivity index is 1.86. The molecule has 2 atom stereocenters. The van der Waals surface area contributed by atoms with Gasteiger partial charge in [-0.3, -0.25) is 0 Å². The first-order valence-corrected chi connectivity index (χ1v) is 6.48. The smallest absolute Gasteiger partial charge is 0.129 e. The summed E-state index contributed by atoms with van der Waals surface area (Å²) in [6.45, 7) is 3.16. The third-order valence-corrected chi connectivity index (χ3v) is 3.64. The van der Waals surface area contributed by atoms with E-state index in [0.717, 1.165) is 18.2 Å². The van der Waals surface area contributed by atoms with Crippen LogP contribution in [0, 0.1) is 5.92 Å². The third kappa shape index (κ3) is 3.19. The first-order chi connectivity index (χ1) is 7.75. The largest absolute Gasteiger partial charge is 0.308 e. The van der Waals surface area contributed by atoms with Gasteiger partial charge in [0.2, 0.25) is 0 Å². The zero-order valence-corrected chi connectivity index (χ0v) is 10.5. The standard InChI is InChI=1S/C13H19ClN2/c1-10-5-2-3-7-12(10)15-9-11-6-4-8-13(14)16-11/h4,6,8,10,12,15H,2-3,5,7,9H2,1H3/t10-,12-/m1/s1. The van der Waals surface area contributed by atoms with Crippen LogP contribution in [0.1, 0.15) is 38.3 Å². The molecule has 1 aliphatic carbocycles. The molecule has 2 nitrogen and oxygen atoms in total. The molecule has 1 saturated carbocycles. The van der Waals surface area contributed by atoms with Gasteiger partial charge in [0, 0.05) is 12.6 Å². The van der Waals surface area contributed by atoms with E-state index in [1.807, 2.05) is 18.2 Å². The van der Waals surface area contributed by atoms with Gasteiger partial charge in [-0.25, -0.2) is 4.98 Å². The van der Waals surface area contributed by atoms with E-state index < -0.39 is 0 Å². The monoisotopic (exact) mass is 238 g/mol. The number of nitrogens with one attached hydrogen (secondary N) is 1. The van der Waals surface area contributed by atoms with Crippen molar-refractivity contribution in [3.63, 3.8) is 0 Å². The van der Waals surface area contributed by atoms with Crippen molar-refractivity contribution in [3.05, 3.63) is 29.0 Å². The highest BCUT2D eigenvalue weighted by atomic mass is 35.5. The van der Waals surface area contributed by atoms with Gasteiger partial charge >= 0.3 is 0 Å². The maximum atomic E-state index is 5.86. The van der Waals surface area contributed by atoms with Crippen LogP contribution >= 0.6 is 11.6 Å². The molecule has 0 saturated heterocycles. The molecule has 88 valence electrons. The van der Waals surface area contributed by atoms with Gasteiger partial charge in [0.15, 0.2) is 0 Å². The zero-order valence-electron chi connectivity index (χ0n) is 9.75. The molecule has 1 heterocycles. The lowest BCUT2D eigenvalue weighted by atomic mass is 9.86. The molecule has 1 N–H and O–H groups in total. The van der Waals surface area contributed by atoms with E-state index in [2.05, 4.69) is 17.2 Å². The molecule has 1 aromatic heterocycles. The van der Waals surface area contributed by atoms with Crippen LogP contribution in [0.3, 0.4) is 0 Å². The molecule has 1 aromatic rings. The van der Waals surface area contributed by atoms with E-state index in [1.165, 1.54) is 25.7 Å². The number of pyridine rings is 1. The van der Waals surface area contributed by atoms with Crippen LogP contribution in [0.15, 0.2) is 18.2 Å². The van der Waals surface area contributed by atoms with Crippen LogP contribution < -0.4 is 5.32 Å². The van der Waals surface area contributed by atoms with E-state index >= 15 is 0 Å². The fraction of sp³-hybridized carbons (Fsp3) is 0.615. The van der Waals surface area contributed by atoms with Crippen LogP contribution in [0.4, 0.5) is 0 Å². The first-order valence-electron chi connectivity index (χ1n) is 6.10. The molecule has 0 radical (unpaired) electrons. The van der Waals surface area contributed by atoms with Gasteiger partial charge in [0.1, 0.15) is 5.15 Å². The lowest BCUT2D eigenvalue weighted by molar-refractivity contribution is 0.278. The number of hydrogen-bond donors (Lipinski definition) is 1. The van der Waals surface area contributed by atoms with Gasteiger partial charge in [0.05, 0.1) is 5.69 Å². The summed E-state index contributed by atoms with van der Waals surface area (Å²) in [7, 11) is 0. The minimum Gasteiger partial charge on any atom is -0.308 e. The van der Waals surface area contributed by atoms with E-state index in [4.69, 9.17) is 11.6 Å². The number of rotatable bonds is 3. The maximum absolute atomic E-state index is 5.86. The predicted octanol–water partition coefficient (Wildman–Crippen LogP) is 3.40. The molecule has 3 heteroatoms. The second-order valence-corrected chi connectivity index (χ2v) is 5.09. The second kappa shape index (κ2) is 5.65. The topological polar surface area (TPSA) is 24.9 Å². The molecule has 0 spiro atoms. The number of halogens is 1. The fourth-order valence-electron chi connectivity index (χ4n) is 2.40. The van der Waals surface area contributed by atoms with Crippen molar-refractivity contribution in [2.45, 2.75) is 45.2 Å². The quantitative estimate of drug-likeness (QED) is 0.817. The summed E-state index contributed by atoms with van der Waals surface area (Å²) in [6, 6.07) is 6.44. The Labute approximate surface area is 102 Å². The number of hydrogen-bond acceptors (Lipinski definition) is 2. The minimum absolute atomic E-state index is 0.580. The lowest BCUT2D eigenvalue weighted by Crippen LogP contribution is -2.36. The Morgan fingerprint density at radius 2 is 2.19 bits per heavy atom. The molecule has 0 amide bonds. The normalized spacial score (nSPS) is 25.6. The van der Waals surface area contributed by atoms with Crippen molar-refractivity contribution in [3.8, 4) is 0 Å². The Morgan fingerprint density at radius 3 is 2.94 bits per heavy atom. The molecule has 1 fully saturated rings. The van der Waals surface area contributed by atoms with Crippen molar-refractivity contribution in [1.29, 1.82) is 0 Å². The highest BCUT2D eigenvalue weighted by molar-refractivity contribution is 6.29. The van der Waals surface area contributed by atoms with Crippen LogP contribution in [0.25, 0.3) is 0 Å². The minimum atomic E-state index is 0.580. The molecule has 2 rings (SSSR count). The van der Waals surface area contributed by atoms with Crippen molar-refractivity contribution >= 4 is 11.6 Å². The van der Waals surface area contributed by atoms with Crippen LogP contribution in [-0.2, 0) is 6.54 Å². The second-order valence-electron chi connectivity index (χ2n) is 4.70. The molecule has 0 aromatic carbocycles. The molecule has 1 aliphatic rings.